The predicted molar refractivity (Wildman–Crippen MR) is 103 cm³/mol. The SMILES string of the molecule is CC(C)(C)[C@@H]1Cn2ncc(-c3ccc(F)cc3F)c2-c2cc(=O)c(C(=O)O)cn21. The van der Waals surface area contributed by atoms with E-state index in [9.17, 15) is 23.5 Å². The summed E-state index contributed by atoms with van der Waals surface area (Å²) >= 11 is 0. The number of halogens is 2. The van der Waals surface area contributed by atoms with Gasteiger partial charge in [-0.3, -0.25) is 9.48 Å². The largest absolute Gasteiger partial charge is 0.477 e. The maximum atomic E-state index is 14.5. The molecule has 0 saturated heterocycles. The Bertz CT molecular complexity index is 1200. The minimum atomic E-state index is -1.30. The lowest BCUT2D eigenvalue weighted by molar-refractivity contribution is 0.0693. The Morgan fingerprint density at radius 1 is 1.21 bits per heavy atom. The van der Waals surface area contributed by atoms with E-state index in [4.69, 9.17) is 0 Å². The molecular weight excluding hydrogens is 380 g/mol. The molecule has 0 fully saturated rings. The number of pyridine rings is 1. The molecular formula is C21H19F2N3O3. The second kappa shape index (κ2) is 6.37. The summed E-state index contributed by atoms with van der Waals surface area (Å²) < 4.78 is 31.3. The summed E-state index contributed by atoms with van der Waals surface area (Å²) in [4.78, 5) is 23.9. The van der Waals surface area contributed by atoms with Crippen LogP contribution in [0.2, 0.25) is 0 Å². The van der Waals surface area contributed by atoms with Gasteiger partial charge in [0, 0.05) is 29.5 Å². The molecule has 0 aliphatic carbocycles. The fourth-order valence-corrected chi connectivity index (χ4v) is 3.80. The van der Waals surface area contributed by atoms with Gasteiger partial charge in [0.05, 0.1) is 30.2 Å². The average Bonchev–Trinajstić information content (AvgIpc) is 3.03. The summed E-state index contributed by atoms with van der Waals surface area (Å²) in [5, 5.41) is 13.8. The van der Waals surface area contributed by atoms with Crippen LogP contribution in [0.1, 0.15) is 37.2 Å². The number of aromatic carboxylic acids is 1. The predicted octanol–water partition coefficient (Wildman–Crippen LogP) is 3.96. The van der Waals surface area contributed by atoms with Crippen LogP contribution in [0, 0.1) is 17.0 Å². The van der Waals surface area contributed by atoms with Crippen molar-refractivity contribution in [3.05, 3.63) is 64.1 Å². The Morgan fingerprint density at radius 3 is 2.55 bits per heavy atom. The smallest absolute Gasteiger partial charge is 0.341 e. The number of fused-ring (bicyclic) bond motifs is 3. The molecule has 2 aromatic heterocycles. The van der Waals surface area contributed by atoms with Crippen LogP contribution in [-0.2, 0) is 6.54 Å². The fourth-order valence-electron chi connectivity index (χ4n) is 3.80. The van der Waals surface area contributed by atoms with Crippen LogP contribution in [0.25, 0.3) is 22.5 Å². The number of carboxylic acids is 1. The van der Waals surface area contributed by atoms with Crippen molar-refractivity contribution < 1.29 is 18.7 Å². The van der Waals surface area contributed by atoms with Gasteiger partial charge < -0.3 is 9.67 Å². The van der Waals surface area contributed by atoms with Crippen molar-refractivity contribution >= 4 is 5.97 Å². The second-order valence-corrected chi connectivity index (χ2v) is 8.24. The van der Waals surface area contributed by atoms with Gasteiger partial charge in [-0.1, -0.05) is 20.8 Å². The van der Waals surface area contributed by atoms with Crippen LogP contribution >= 0.6 is 0 Å². The van der Waals surface area contributed by atoms with Gasteiger partial charge in [0.15, 0.2) is 5.43 Å². The van der Waals surface area contributed by atoms with Gasteiger partial charge in [0.1, 0.15) is 17.2 Å². The highest BCUT2D eigenvalue weighted by Gasteiger charge is 2.35. The van der Waals surface area contributed by atoms with Crippen molar-refractivity contribution in [2.45, 2.75) is 33.4 Å². The zero-order chi connectivity index (χ0) is 21.1. The van der Waals surface area contributed by atoms with Gasteiger partial charge in [0.2, 0.25) is 0 Å². The van der Waals surface area contributed by atoms with E-state index < -0.39 is 23.0 Å². The first-order valence-electron chi connectivity index (χ1n) is 9.09. The Labute approximate surface area is 165 Å². The molecule has 1 aromatic carbocycles. The third-order valence-corrected chi connectivity index (χ3v) is 5.29. The van der Waals surface area contributed by atoms with E-state index in [1.807, 2.05) is 20.8 Å². The van der Waals surface area contributed by atoms with E-state index in [0.717, 1.165) is 12.1 Å². The van der Waals surface area contributed by atoms with E-state index in [1.165, 1.54) is 24.5 Å². The monoisotopic (exact) mass is 399 g/mol. The van der Waals surface area contributed by atoms with Crippen LogP contribution in [-0.4, -0.2) is 25.4 Å². The van der Waals surface area contributed by atoms with Gasteiger partial charge in [-0.05, 0) is 17.5 Å². The highest BCUT2D eigenvalue weighted by molar-refractivity contribution is 5.88. The Morgan fingerprint density at radius 2 is 1.93 bits per heavy atom. The van der Waals surface area contributed by atoms with Crippen LogP contribution in [0.4, 0.5) is 8.78 Å². The first-order valence-corrected chi connectivity index (χ1v) is 9.09. The number of hydrogen-bond acceptors (Lipinski definition) is 3. The molecule has 150 valence electrons. The molecule has 1 N–H and O–H groups in total. The molecule has 0 bridgehead atoms. The summed E-state index contributed by atoms with van der Waals surface area (Å²) in [7, 11) is 0. The van der Waals surface area contributed by atoms with Crippen molar-refractivity contribution in [1.82, 2.24) is 14.3 Å². The number of rotatable bonds is 2. The number of aromatic nitrogens is 3. The zero-order valence-electron chi connectivity index (χ0n) is 16.1. The van der Waals surface area contributed by atoms with Crippen molar-refractivity contribution in [2.24, 2.45) is 5.41 Å². The number of benzene rings is 1. The maximum Gasteiger partial charge on any atom is 0.341 e. The second-order valence-electron chi connectivity index (χ2n) is 8.24. The first-order chi connectivity index (χ1) is 13.6. The summed E-state index contributed by atoms with van der Waals surface area (Å²) in [6, 6.07) is 4.34. The lowest BCUT2D eigenvalue weighted by Gasteiger charge is -2.38. The topological polar surface area (TPSA) is 77.1 Å². The highest BCUT2D eigenvalue weighted by Crippen LogP contribution is 2.43. The first kappa shape index (κ1) is 19.0. The molecule has 6 nitrogen and oxygen atoms in total. The molecule has 1 aliphatic heterocycles. The zero-order valence-corrected chi connectivity index (χ0v) is 16.1. The third-order valence-electron chi connectivity index (χ3n) is 5.29. The standard InChI is InChI=1S/C21H19F2N3O3/c1-21(2,3)18-10-26-19(16-7-17(27)14(20(28)29)9-25(16)18)13(8-24-26)12-5-4-11(22)6-15(12)23/h4-9,18H,10H2,1-3H3,(H,28,29)/t18-/m0/s1. The molecule has 0 radical (unpaired) electrons. The summed E-state index contributed by atoms with van der Waals surface area (Å²) in [5.41, 5.74) is 0.258. The molecule has 3 heterocycles. The van der Waals surface area contributed by atoms with Crippen molar-refractivity contribution in [1.29, 1.82) is 0 Å². The van der Waals surface area contributed by atoms with Gasteiger partial charge in [0.25, 0.3) is 0 Å². The van der Waals surface area contributed by atoms with Crippen LogP contribution in [0.3, 0.4) is 0 Å². The van der Waals surface area contributed by atoms with Crippen molar-refractivity contribution in [3.63, 3.8) is 0 Å². The molecule has 1 aliphatic rings. The number of nitrogens with zero attached hydrogens (tertiary/aromatic N) is 3. The van der Waals surface area contributed by atoms with Gasteiger partial charge in [-0.25, -0.2) is 13.6 Å². The molecule has 4 rings (SSSR count). The van der Waals surface area contributed by atoms with Crippen LogP contribution < -0.4 is 5.43 Å². The van der Waals surface area contributed by atoms with E-state index in [-0.39, 0.29) is 22.6 Å². The lowest BCUT2D eigenvalue weighted by atomic mass is 9.84. The van der Waals surface area contributed by atoms with Crippen molar-refractivity contribution in [3.8, 4) is 22.5 Å². The molecule has 0 spiro atoms. The number of hydrogen-bond donors (Lipinski definition) is 1. The molecule has 0 unspecified atom stereocenters. The lowest BCUT2D eigenvalue weighted by Crippen LogP contribution is -2.35. The van der Waals surface area contributed by atoms with Crippen molar-refractivity contribution in [2.75, 3.05) is 0 Å². The molecule has 3 aromatic rings. The Balaban J connectivity index is 2.02. The van der Waals surface area contributed by atoms with E-state index >= 15 is 0 Å². The van der Waals surface area contributed by atoms with Gasteiger partial charge in [-0.2, -0.15) is 5.10 Å². The van der Waals surface area contributed by atoms with E-state index in [0.29, 0.717) is 23.5 Å². The Hall–Kier alpha value is -3.29. The quantitative estimate of drug-likeness (QED) is 0.708. The number of carboxylic acid groups (broad SMARTS) is 1. The highest BCUT2D eigenvalue weighted by atomic mass is 19.1. The third kappa shape index (κ3) is 3.04. The van der Waals surface area contributed by atoms with Gasteiger partial charge in [-0.15, -0.1) is 0 Å². The van der Waals surface area contributed by atoms with E-state index in [2.05, 4.69) is 5.10 Å². The molecule has 8 heteroatoms. The van der Waals surface area contributed by atoms with Gasteiger partial charge >= 0.3 is 5.97 Å². The molecule has 29 heavy (non-hydrogen) atoms. The molecule has 0 saturated carbocycles. The summed E-state index contributed by atoms with van der Waals surface area (Å²) in [6.07, 6.45) is 2.83. The average molecular weight is 399 g/mol. The number of carbonyl (C=O) groups is 1. The summed E-state index contributed by atoms with van der Waals surface area (Å²) in [6.45, 7) is 6.44. The normalized spacial score (nSPS) is 15.7. The Kier molecular flexibility index (Phi) is 4.18. The minimum absolute atomic E-state index is 0.156. The summed E-state index contributed by atoms with van der Waals surface area (Å²) in [5.74, 6) is -2.74. The van der Waals surface area contributed by atoms with Crippen LogP contribution in [0.15, 0.2) is 41.5 Å². The molecule has 0 amide bonds. The maximum absolute atomic E-state index is 14.5. The fraction of sp³-hybridized carbons (Fsp3) is 0.286. The van der Waals surface area contributed by atoms with E-state index in [1.54, 1.807) is 9.25 Å². The van der Waals surface area contributed by atoms with Crippen LogP contribution in [0.5, 0.6) is 0 Å². The minimum Gasteiger partial charge on any atom is -0.477 e. The molecule has 1 atom stereocenters.